The number of halogens is 3. The molecule has 0 unspecified atom stereocenters. The quantitative estimate of drug-likeness (QED) is 0.331. The molecule has 0 saturated heterocycles. The molecule has 0 spiro atoms. The van der Waals surface area contributed by atoms with Crippen LogP contribution in [0.25, 0.3) is 0 Å². The minimum absolute atomic E-state index is 0. The van der Waals surface area contributed by atoms with Gasteiger partial charge in [-0.15, -0.1) is 24.0 Å². The molecular weight excluding hydrogens is 453 g/mol. The van der Waals surface area contributed by atoms with E-state index in [1.54, 1.807) is 13.8 Å². The second-order valence-electron chi connectivity index (χ2n) is 5.77. The van der Waals surface area contributed by atoms with Gasteiger partial charge in [0.25, 0.3) is 0 Å². The molecule has 0 aliphatic rings. The van der Waals surface area contributed by atoms with E-state index >= 15 is 0 Å². The van der Waals surface area contributed by atoms with Gasteiger partial charge in [0.05, 0.1) is 6.26 Å². The number of aliphatic imine (C=N–C) groups is 1. The lowest BCUT2D eigenvalue weighted by molar-refractivity contribution is 0.446. The zero-order valence-electron chi connectivity index (χ0n) is 14.0. The fraction of sp³-hybridized carbons (Fsp3) is 0.500. The summed E-state index contributed by atoms with van der Waals surface area (Å²) in [4.78, 5) is 3.96. The number of rotatable bonds is 6. The fourth-order valence-electron chi connectivity index (χ4n) is 1.92. The van der Waals surface area contributed by atoms with E-state index in [1.165, 1.54) is 7.05 Å². The smallest absolute Gasteiger partial charge is 0.209 e. The minimum atomic E-state index is -3.34. The number of benzene rings is 1. The molecule has 24 heavy (non-hydrogen) atoms. The molecule has 1 rings (SSSR count). The average Bonchev–Trinajstić information content (AvgIpc) is 2.40. The molecule has 138 valence electrons. The summed E-state index contributed by atoms with van der Waals surface area (Å²) >= 11 is 0. The van der Waals surface area contributed by atoms with Gasteiger partial charge in [-0.25, -0.2) is 21.9 Å². The SMILES string of the molecule is CN=C(NCc1cc(F)ccc1F)NCC(C)(C)NS(C)(=O)=O.I. The standard InChI is InChI=1S/C14H22F2N4O2S.HI/c1-14(2,20-23(4,21)22)9-19-13(17-3)18-8-10-7-11(15)5-6-12(10)16;/h5-7,20H,8-9H2,1-4H3,(H2,17,18,19);1H. The van der Waals surface area contributed by atoms with Crippen LogP contribution in [0.5, 0.6) is 0 Å². The molecule has 0 heterocycles. The predicted octanol–water partition coefficient (Wildman–Crippen LogP) is 1.58. The third kappa shape index (κ3) is 8.73. The fourth-order valence-corrected chi connectivity index (χ4v) is 3.00. The van der Waals surface area contributed by atoms with E-state index in [0.717, 1.165) is 24.5 Å². The van der Waals surface area contributed by atoms with Gasteiger partial charge in [-0.05, 0) is 32.0 Å². The molecule has 0 atom stereocenters. The van der Waals surface area contributed by atoms with Crippen LogP contribution in [0.15, 0.2) is 23.2 Å². The molecule has 0 fully saturated rings. The Labute approximate surface area is 158 Å². The van der Waals surface area contributed by atoms with Gasteiger partial charge in [-0.1, -0.05) is 0 Å². The van der Waals surface area contributed by atoms with Crippen LogP contribution < -0.4 is 15.4 Å². The third-order valence-corrected chi connectivity index (χ3v) is 3.76. The highest BCUT2D eigenvalue weighted by atomic mass is 127. The van der Waals surface area contributed by atoms with Crippen molar-refractivity contribution in [1.82, 2.24) is 15.4 Å². The van der Waals surface area contributed by atoms with Crippen molar-refractivity contribution in [3.8, 4) is 0 Å². The van der Waals surface area contributed by atoms with Crippen molar-refractivity contribution in [1.29, 1.82) is 0 Å². The van der Waals surface area contributed by atoms with E-state index in [-0.39, 0.29) is 42.6 Å². The zero-order valence-corrected chi connectivity index (χ0v) is 17.1. The van der Waals surface area contributed by atoms with Crippen LogP contribution in [0.4, 0.5) is 8.78 Å². The van der Waals surface area contributed by atoms with E-state index in [4.69, 9.17) is 0 Å². The highest BCUT2D eigenvalue weighted by Gasteiger charge is 2.22. The lowest BCUT2D eigenvalue weighted by Gasteiger charge is -2.26. The second-order valence-corrected chi connectivity index (χ2v) is 7.52. The molecule has 0 aliphatic heterocycles. The molecule has 0 saturated carbocycles. The van der Waals surface area contributed by atoms with E-state index in [2.05, 4.69) is 20.3 Å². The highest BCUT2D eigenvalue weighted by molar-refractivity contribution is 14.0. The van der Waals surface area contributed by atoms with Crippen molar-refractivity contribution >= 4 is 40.0 Å². The molecule has 0 radical (unpaired) electrons. The van der Waals surface area contributed by atoms with Gasteiger partial charge >= 0.3 is 0 Å². The number of sulfonamides is 1. The summed E-state index contributed by atoms with van der Waals surface area (Å²) < 4.78 is 51.7. The summed E-state index contributed by atoms with van der Waals surface area (Å²) in [6, 6.07) is 3.21. The first-order valence-electron chi connectivity index (χ1n) is 6.90. The Balaban J connectivity index is 0.00000529. The number of guanidine groups is 1. The van der Waals surface area contributed by atoms with Crippen LogP contribution in [0.3, 0.4) is 0 Å². The van der Waals surface area contributed by atoms with Crippen LogP contribution >= 0.6 is 24.0 Å². The van der Waals surface area contributed by atoms with Gasteiger partial charge in [-0.2, -0.15) is 0 Å². The van der Waals surface area contributed by atoms with Gasteiger partial charge in [0.2, 0.25) is 10.0 Å². The molecule has 0 aromatic heterocycles. The lowest BCUT2D eigenvalue weighted by atomic mass is 10.1. The van der Waals surface area contributed by atoms with Gasteiger partial charge in [0, 0.05) is 31.2 Å². The maximum absolute atomic E-state index is 13.5. The molecule has 0 amide bonds. The van der Waals surface area contributed by atoms with Crippen molar-refractivity contribution in [2.75, 3.05) is 19.8 Å². The maximum atomic E-state index is 13.5. The van der Waals surface area contributed by atoms with Crippen molar-refractivity contribution in [3.05, 3.63) is 35.4 Å². The van der Waals surface area contributed by atoms with E-state index in [1.807, 2.05) is 0 Å². The number of hydrogen-bond acceptors (Lipinski definition) is 3. The Kier molecular flexibility index (Phi) is 9.07. The molecular formula is C14H23F2IN4O2S. The largest absolute Gasteiger partial charge is 0.355 e. The first-order valence-corrected chi connectivity index (χ1v) is 8.79. The molecule has 1 aromatic carbocycles. The van der Waals surface area contributed by atoms with Gasteiger partial charge in [0.15, 0.2) is 5.96 Å². The highest BCUT2D eigenvalue weighted by Crippen LogP contribution is 2.09. The van der Waals surface area contributed by atoms with E-state index in [0.29, 0.717) is 5.96 Å². The van der Waals surface area contributed by atoms with Crippen molar-refractivity contribution in [2.45, 2.75) is 25.9 Å². The Hall–Kier alpha value is -1.01. The monoisotopic (exact) mass is 476 g/mol. The number of hydrogen-bond donors (Lipinski definition) is 3. The van der Waals surface area contributed by atoms with E-state index in [9.17, 15) is 17.2 Å². The Morgan fingerprint density at radius 2 is 1.88 bits per heavy atom. The first kappa shape index (κ1) is 23.0. The first-order chi connectivity index (χ1) is 10.5. The topological polar surface area (TPSA) is 82.6 Å². The van der Waals surface area contributed by atoms with Gasteiger partial charge in [-0.3, -0.25) is 4.99 Å². The molecule has 0 aliphatic carbocycles. The van der Waals surface area contributed by atoms with Crippen LogP contribution in [-0.2, 0) is 16.6 Å². The summed E-state index contributed by atoms with van der Waals surface area (Å²) in [6.07, 6.45) is 1.08. The summed E-state index contributed by atoms with van der Waals surface area (Å²) in [7, 11) is -1.82. The lowest BCUT2D eigenvalue weighted by Crippen LogP contribution is -2.52. The summed E-state index contributed by atoms with van der Waals surface area (Å²) in [5, 5.41) is 5.78. The Morgan fingerprint density at radius 3 is 2.42 bits per heavy atom. The molecule has 0 bridgehead atoms. The number of nitrogens with zero attached hydrogens (tertiary/aromatic N) is 1. The molecule has 10 heteroatoms. The summed E-state index contributed by atoms with van der Waals surface area (Å²) in [5.74, 6) is -0.699. The van der Waals surface area contributed by atoms with Crippen LogP contribution in [0.1, 0.15) is 19.4 Å². The third-order valence-electron chi connectivity index (χ3n) is 2.84. The minimum Gasteiger partial charge on any atom is -0.355 e. The summed E-state index contributed by atoms with van der Waals surface area (Å²) in [5.41, 5.74) is -0.573. The maximum Gasteiger partial charge on any atom is 0.209 e. The van der Waals surface area contributed by atoms with Crippen LogP contribution in [-0.4, -0.2) is 39.8 Å². The molecule has 3 N–H and O–H groups in total. The Bertz CT molecular complexity index is 681. The van der Waals surface area contributed by atoms with Crippen molar-refractivity contribution in [3.63, 3.8) is 0 Å². The second kappa shape index (κ2) is 9.47. The van der Waals surface area contributed by atoms with Crippen molar-refractivity contribution < 1.29 is 17.2 Å². The van der Waals surface area contributed by atoms with Gasteiger partial charge in [0.1, 0.15) is 11.6 Å². The van der Waals surface area contributed by atoms with Crippen molar-refractivity contribution in [2.24, 2.45) is 4.99 Å². The normalized spacial score (nSPS) is 12.5. The summed E-state index contributed by atoms with van der Waals surface area (Å²) in [6.45, 7) is 3.72. The number of nitrogens with one attached hydrogen (secondary N) is 3. The Morgan fingerprint density at radius 1 is 1.25 bits per heavy atom. The molecule has 1 aromatic rings. The molecule has 6 nitrogen and oxygen atoms in total. The van der Waals surface area contributed by atoms with Crippen LogP contribution in [0.2, 0.25) is 0 Å². The predicted molar refractivity (Wildman–Crippen MR) is 102 cm³/mol. The van der Waals surface area contributed by atoms with Gasteiger partial charge < -0.3 is 10.6 Å². The average molecular weight is 476 g/mol. The van der Waals surface area contributed by atoms with Crippen LogP contribution in [0, 0.1) is 11.6 Å². The zero-order chi connectivity index (χ0) is 17.7. The van der Waals surface area contributed by atoms with E-state index < -0.39 is 27.2 Å².